The minimum atomic E-state index is -2.99. The monoisotopic (exact) mass is 602 g/mol. The third-order valence-corrected chi connectivity index (χ3v) is 7.74. The van der Waals surface area contributed by atoms with Crippen LogP contribution < -0.4 is 16.4 Å². The number of anilines is 1. The SMILES string of the molecule is CNCC(=O)Nc1ccc2c(c1O)C(O)=C1C(=O)C3(O)C(O)=C(C(N)=O)C(=O)[C@@H](N(C)C)C3C(O)C1C2C.Cl.Cl. The first-order valence-electron chi connectivity index (χ1n) is 11.8. The summed E-state index contributed by atoms with van der Waals surface area (Å²) in [5, 5.41) is 61.5. The fourth-order valence-electron chi connectivity index (χ4n) is 6.07. The number of Topliss-reactive ketones (excluding diaryl/α,β-unsaturated/α-hetero) is 2. The van der Waals surface area contributed by atoms with Crippen LogP contribution in [-0.2, 0) is 19.2 Å². The number of primary amides is 1. The highest BCUT2D eigenvalue weighted by atomic mass is 35.5. The number of ketones is 2. The molecular weight excluding hydrogens is 571 g/mol. The molecule has 4 rings (SSSR count). The van der Waals surface area contributed by atoms with Gasteiger partial charge in [-0.25, -0.2) is 0 Å². The lowest BCUT2D eigenvalue weighted by Gasteiger charge is -2.53. The second-order valence-electron chi connectivity index (χ2n) is 10.1. The Morgan fingerprint density at radius 2 is 1.73 bits per heavy atom. The number of aliphatic hydroxyl groups excluding tert-OH is 3. The fourth-order valence-corrected chi connectivity index (χ4v) is 6.07. The highest BCUT2D eigenvalue weighted by molar-refractivity contribution is 6.24. The molecule has 1 aromatic rings. The van der Waals surface area contributed by atoms with Gasteiger partial charge in [-0.15, -0.1) is 24.8 Å². The van der Waals surface area contributed by atoms with E-state index in [1.165, 1.54) is 31.1 Å². The molecule has 0 radical (unpaired) electrons. The first kappa shape index (κ1) is 33.0. The summed E-state index contributed by atoms with van der Waals surface area (Å²) < 4.78 is 0. The van der Waals surface area contributed by atoms with Gasteiger partial charge in [0.25, 0.3) is 5.91 Å². The lowest BCUT2D eigenvalue weighted by molar-refractivity contribution is -0.169. The molecule has 13 nitrogen and oxygen atoms in total. The maximum Gasteiger partial charge on any atom is 0.255 e. The molecule has 0 saturated heterocycles. The molecular formula is C25H32Cl2N4O9. The summed E-state index contributed by atoms with van der Waals surface area (Å²) in [6, 6.07) is 1.50. The van der Waals surface area contributed by atoms with Gasteiger partial charge in [0.1, 0.15) is 22.8 Å². The normalized spacial score (nSPS) is 29.1. The molecule has 40 heavy (non-hydrogen) atoms. The zero-order chi connectivity index (χ0) is 28.4. The molecule has 3 aliphatic carbocycles. The predicted octanol–water partition coefficient (Wildman–Crippen LogP) is -0.503. The van der Waals surface area contributed by atoms with Crippen LogP contribution in [0, 0.1) is 11.8 Å². The van der Waals surface area contributed by atoms with Crippen LogP contribution in [0.1, 0.15) is 24.0 Å². The summed E-state index contributed by atoms with van der Waals surface area (Å²) in [4.78, 5) is 52.5. The Bertz CT molecular complexity index is 1350. The van der Waals surface area contributed by atoms with Gasteiger partial charge in [-0.2, -0.15) is 0 Å². The van der Waals surface area contributed by atoms with E-state index >= 15 is 0 Å². The van der Waals surface area contributed by atoms with Gasteiger partial charge >= 0.3 is 0 Å². The van der Waals surface area contributed by atoms with E-state index in [2.05, 4.69) is 10.6 Å². The molecule has 1 saturated carbocycles. The zero-order valence-electron chi connectivity index (χ0n) is 22.0. The topological polar surface area (TPSA) is 223 Å². The third kappa shape index (κ3) is 4.42. The molecule has 1 fully saturated rings. The smallest absolute Gasteiger partial charge is 0.255 e. The lowest BCUT2D eigenvalue weighted by atomic mass is 9.54. The number of carbonyl (C=O) groups excluding carboxylic acids is 4. The minimum absolute atomic E-state index is 0. The number of nitrogens with two attached hydrogens (primary N) is 1. The van der Waals surface area contributed by atoms with Gasteiger partial charge in [0.05, 0.1) is 35.9 Å². The van der Waals surface area contributed by atoms with E-state index in [0.717, 1.165) is 0 Å². The van der Waals surface area contributed by atoms with Crippen molar-refractivity contribution >= 4 is 59.6 Å². The van der Waals surface area contributed by atoms with Gasteiger partial charge in [-0.05, 0) is 38.7 Å². The fraction of sp³-hybridized carbons (Fsp3) is 0.440. The quantitative estimate of drug-likeness (QED) is 0.158. The van der Waals surface area contributed by atoms with Gasteiger partial charge in [-0.3, -0.25) is 24.1 Å². The molecule has 3 aliphatic rings. The zero-order valence-corrected chi connectivity index (χ0v) is 23.6. The predicted molar refractivity (Wildman–Crippen MR) is 147 cm³/mol. The van der Waals surface area contributed by atoms with E-state index in [1.54, 1.807) is 14.0 Å². The number of benzene rings is 1. The van der Waals surface area contributed by atoms with Crippen molar-refractivity contribution in [2.24, 2.45) is 17.6 Å². The van der Waals surface area contributed by atoms with E-state index in [9.17, 15) is 44.7 Å². The Labute approximate surface area is 241 Å². The summed E-state index contributed by atoms with van der Waals surface area (Å²) in [5.41, 5.74) is 0.889. The second kappa shape index (κ2) is 11.4. The van der Waals surface area contributed by atoms with E-state index in [-0.39, 0.29) is 42.6 Å². The Hall–Kier alpha value is -3.20. The van der Waals surface area contributed by atoms with Crippen molar-refractivity contribution < 1.29 is 44.7 Å². The van der Waals surface area contributed by atoms with Crippen molar-refractivity contribution in [3.63, 3.8) is 0 Å². The van der Waals surface area contributed by atoms with E-state index in [4.69, 9.17) is 5.73 Å². The van der Waals surface area contributed by atoms with E-state index in [1.807, 2.05) is 0 Å². The summed E-state index contributed by atoms with van der Waals surface area (Å²) >= 11 is 0. The lowest BCUT2D eigenvalue weighted by Crippen LogP contribution is -2.70. The molecule has 9 N–H and O–H groups in total. The number of carbonyl (C=O) groups is 4. The average molecular weight is 603 g/mol. The molecule has 1 aromatic carbocycles. The number of aromatic hydroxyl groups is 1. The largest absolute Gasteiger partial charge is 0.508 e. The number of phenols is 1. The Balaban J connectivity index is 0.00000280. The molecule has 2 amide bonds. The molecule has 0 aromatic heterocycles. The van der Waals surface area contributed by atoms with Gasteiger partial charge < -0.3 is 41.9 Å². The molecule has 0 heterocycles. The maximum absolute atomic E-state index is 13.9. The molecule has 6 atom stereocenters. The van der Waals surface area contributed by atoms with Crippen molar-refractivity contribution in [2.45, 2.75) is 30.6 Å². The summed E-state index contributed by atoms with van der Waals surface area (Å²) in [5.74, 6) is -10.3. The van der Waals surface area contributed by atoms with E-state index in [0.29, 0.717) is 5.56 Å². The van der Waals surface area contributed by atoms with Crippen LogP contribution in [0.3, 0.4) is 0 Å². The average Bonchev–Trinajstić information content (AvgIpc) is 2.82. The standard InChI is InChI=1S/C25H30N4O9.2ClH/c1-8-9-5-6-10(28-11(30)7-27-2)18(31)13(9)19(32)14-12(8)20(33)16-17(29(3)4)21(34)15(24(26)37)23(36)25(16,38)22(14)35;;/h5-6,8,12,16-17,20,27,31-33,36,38H,7H2,1-4H3,(H2,26,37)(H,28,30);2*1H/t8?,12?,16?,17-,20?,25?;;/m0../s1. The molecule has 220 valence electrons. The summed E-state index contributed by atoms with van der Waals surface area (Å²) in [6.07, 6.45) is -1.68. The van der Waals surface area contributed by atoms with Crippen molar-refractivity contribution in [2.75, 3.05) is 33.0 Å². The highest BCUT2D eigenvalue weighted by Gasteiger charge is 2.68. The molecule has 0 bridgehead atoms. The van der Waals surface area contributed by atoms with Gasteiger partial charge in [0, 0.05) is 11.5 Å². The first-order chi connectivity index (χ1) is 17.7. The van der Waals surface area contributed by atoms with Crippen LogP contribution in [0.2, 0.25) is 0 Å². The number of amides is 2. The van der Waals surface area contributed by atoms with Crippen molar-refractivity contribution in [3.8, 4) is 5.75 Å². The van der Waals surface area contributed by atoms with Gasteiger partial charge in [-0.1, -0.05) is 13.0 Å². The van der Waals surface area contributed by atoms with Crippen LogP contribution in [0.25, 0.3) is 5.76 Å². The van der Waals surface area contributed by atoms with Crippen molar-refractivity contribution in [3.05, 3.63) is 40.2 Å². The molecule has 0 spiro atoms. The van der Waals surface area contributed by atoms with Crippen LogP contribution in [-0.4, -0.2) is 99.2 Å². The van der Waals surface area contributed by atoms with Crippen LogP contribution >= 0.6 is 24.8 Å². The number of halogens is 2. The Kier molecular flexibility index (Phi) is 9.37. The summed E-state index contributed by atoms with van der Waals surface area (Å²) in [6.45, 7) is 1.55. The molecule has 15 heteroatoms. The number of nitrogens with one attached hydrogen (secondary N) is 2. The molecule has 5 unspecified atom stereocenters. The number of hydrogen-bond donors (Lipinski definition) is 8. The van der Waals surface area contributed by atoms with Crippen molar-refractivity contribution in [1.82, 2.24) is 10.2 Å². The number of aliphatic hydroxyl groups is 4. The maximum atomic E-state index is 13.9. The van der Waals surface area contributed by atoms with Crippen LogP contribution in [0.4, 0.5) is 5.69 Å². The summed E-state index contributed by atoms with van der Waals surface area (Å²) in [7, 11) is 4.42. The Morgan fingerprint density at radius 3 is 2.25 bits per heavy atom. The highest BCUT2D eigenvalue weighted by Crippen LogP contribution is 2.56. The van der Waals surface area contributed by atoms with Crippen LogP contribution in [0.5, 0.6) is 5.75 Å². The van der Waals surface area contributed by atoms with Gasteiger partial charge in [0.15, 0.2) is 11.4 Å². The third-order valence-electron chi connectivity index (χ3n) is 7.74. The van der Waals surface area contributed by atoms with Gasteiger partial charge in [0.2, 0.25) is 11.7 Å². The number of fused-ring (bicyclic) bond motifs is 3. The number of nitrogens with zero attached hydrogens (tertiary/aromatic N) is 1. The van der Waals surface area contributed by atoms with E-state index < -0.39 is 87.3 Å². The molecule has 0 aliphatic heterocycles. The number of rotatable bonds is 5. The Morgan fingerprint density at radius 1 is 1.12 bits per heavy atom. The number of phenolic OH excluding ortho intramolecular Hbond substituents is 1. The number of likely N-dealkylation sites (N-methyl/N-ethyl adjacent to an activating group) is 2. The minimum Gasteiger partial charge on any atom is -0.508 e. The number of hydrogen-bond acceptors (Lipinski definition) is 11. The van der Waals surface area contributed by atoms with Crippen LogP contribution in [0.15, 0.2) is 29.0 Å². The van der Waals surface area contributed by atoms with Crippen molar-refractivity contribution in [1.29, 1.82) is 0 Å². The first-order valence-corrected chi connectivity index (χ1v) is 11.8. The second-order valence-corrected chi connectivity index (χ2v) is 10.1.